The second-order valence-electron chi connectivity index (χ2n) is 12.7. The third-order valence-electron chi connectivity index (χ3n) is 10.1. The molecule has 1 N–H and O–H groups in total. The van der Waals surface area contributed by atoms with Gasteiger partial charge in [-0.25, -0.2) is 0 Å². The molecule has 5 aromatic rings. The molecule has 2 fully saturated rings. The zero-order valence-electron chi connectivity index (χ0n) is 22.9. The molecular formula is C38H35N. The van der Waals surface area contributed by atoms with Crippen LogP contribution in [-0.4, -0.2) is 0 Å². The number of fused-ring (bicyclic) bond motifs is 6. The van der Waals surface area contributed by atoms with Gasteiger partial charge >= 0.3 is 0 Å². The smallest absolute Gasteiger partial charge is 0.0390 e. The summed E-state index contributed by atoms with van der Waals surface area (Å²) < 4.78 is 0. The minimum Gasteiger partial charge on any atom is -0.356 e. The Morgan fingerprint density at radius 2 is 1.33 bits per heavy atom. The Kier molecular flexibility index (Phi) is 5.08. The summed E-state index contributed by atoms with van der Waals surface area (Å²) >= 11 is 0. The van der Waals surface area contributed by atoms with E-state index in [1.165, 1.54) is 81.1 Å². The summed E-state index contributed by atoms with van der Waals surface area (Å²) in [5.74, 6) is 2.71. The normalized spacial score (nSPS) is 22.2. The fraction of sp³-hybridized carbons (Fsp3) is 0.263. The lowest BCUT2D eigenvalue weighted by Crippen LogP contribution is -2.14. The first-order valence-electron chi connectivity index (χ1n) is 14.7. The van der Waals surface area contributed by atoms with E-state index in [0.29, 0.717) is 0 Å². The molecule has 3 atom stereocenters. The Bertz CT molecular complexity index is 1720. The number of nitrogens with one attached hydrogen (secondary N) is 1. The van der Waals surface area contributed by atoms with Crippen molar-refractivity contribution in [3.8, 4) is 22.3 Å². The molecule has 1 heteroatoms. The molecule has 0 aromatic heterocycles. The standard InChI is InChI=1S/C38H35N/c1-38(2)36-6-4-3-5-33(36)34-18-14-29(23-37(34)38)26-9-10-28-22-32(17-13-27(28)21-26)39-31-15-11-25(12-16-31)35-20-24-7-8-30(35)19-24/h3-6,9-18,21-24,30,35,39H,7-8,19-20H2,1-2H3. The largest absolute Gasteiger partial charge is 0.356 e. The number of benzene rings is 5. The Morgan fingerprint density at radius 1 is 0.615 bits per heavy atom. The summed E-state index contributed by atoms with van der Waals surface area (Å²) in [6.45, 7) is 4.70. The molecule has 1 nitrogen and oxygen atoms in total. The molecule has 5 aromatic carbocycles. The van der Waals surface area contributed by atoms with Crippen molar-refractivity contribution in [1.82, 2.24) is 0 Å². The fourth-order valence-electron chi connectivity index (χ4n) is 8.02. The van der Waals surface area contributed by atoms with Crippen molar-refractivity contribution < 1.29 is 0 Å². The molecule has 0 spiro atoms. The van der Waals surface area contributed by atoms with Crippen molar-refractivity contribution in [1.29, 1.82) is 0 Å². The predicted molar refractivity (Wildman–Crippen MR) is 165 cm³/mol. The number of anilines is 2. The molecular weight excluding hydrogens is 470 g/mol. The molecule has 3 unspecified atom stereocenters. The van der Waals surface area contributed by atoms with Crippen LogP contribution >= 0.6 is 0 Å². The van der Waals surface area contributed by atoms with Gasteiger partial charge in [0.1, 0.15) is 0 Å². The lowest BCUT2D eigenvalue weighted by atomic mass is 9.81. The Morgan fingerprint density at radius 3 is 2.15 bits per heavy atom. The van der Waals surface area contributed by atoms with Gasteiger partial charge in [0.25, 0.3) is 0 Å². The molecule has 0 radical (unpaired) electrons. The first-order valence-corrected chi connectivity index (χ1v) is 14.7. The molecule has 39 heavy (non-hydrogen) atoms. The molecule has 0 amide bonds. The van der Waals surface area contributed by atoms with E-state index in [0.717, 1.165) is 23.4 Å². The van der Waals surface area contributed by atoms with Gasteiger partial charge < -0.3 is 5.32 Å². The van der Waals surface area contributed by atoms with Crippen LogP contribution in [-0.2, 0) is 5.41 Å². The topological polar surface area (TPSA) is 12.0 Å². The van der Waals surface area contributed by atoms with Crippen LogP contribution in [0.1, 0.15) is 62.1 Å². The highest BCUT2D eigenvalue weighted by Gasteiger charge is 2.40. The van der Waals surface area contributed by atoms with Crippen LogP contribution in [0.15, 0.2) is 103 Å². The average Bonchev–Trinajstić information content (AvgIpc) is 3.66. The highest BCUT2D eigenvalue weighted by atomic mass is 14.9. The van der Waals surface area contributed by atoms with Gasteiger partial charge in [-0.05, 0) is 123 Å². The average molecular weight is 506 g/mol. The minimum absolute atomic E-state index is 0.0221. The monoisotopic (exact) mass is 505 g/mol. The molecule has 0 heterocycles. The zero-order chi connectivity index (χ0) is 26.1. The first kappa shape index (κ1) is 23.1. The number of hydrogen-bond donors (Lipinski definition) is 1. The van der Waals surface area contributed by atoms with E-state index in [9.17, 15) is 0 Å². The summed E-state index contributed by atoms with van der Waals surface area (Å²) in [6, 6.07) is 38.7. The molecule has 0 aliphatic heterocycles. The van der Waals surface area contributed by atoms with E-state index in [4.69, 9.17) is 0 Å². The predicted octanol–water partition coefficient (Wildman–Crippen LogP) is 10.5. The van der Waals surface area contributed by atoms with Crippen LogP contribution in [0.3, 0.4) is 0 Å². The Hall–Kier alpha value is -3.84. The summed E-state index contributed by atoms with van der Waals surface area (Å²) in [6.07, 6.45) is 5.76. The fourth-order valence-corrected chi connectivity index (χ4v) is 8.02. The SMILES string of the molecule is CC1(C)c2ccccc2-c2ccc(-c3ccc4cc(Nc5ccc(C6CC7CCC6C7)cc5)ccc4c3)cc21. The minimum atomic E-state index is 0.0221. The molecule has 2 saturated carbocycles. The summed E-state index contributed by atoms with van der Waals surface area (Å²) in [7, 11) is 0. The van der Waals surface area contributed by atoms with Crippen LogP contribution in [0.4, 0.5) is 11.4 Å². The summed E-state index contributed by atoms with van der Waals surface area (Å²) in [5.41, 5.74) is 12.0. The van der Waals surface area contributed by atoms with Crippen molar-refractivity contribution in [3.05, 3.63) is 120 Å². The van der Waals surface area contributed by atoms with Gasteiger partial charge in [0.2, 0.25) is 0 Å². The van der Waals surface area contributed by atoms with E-state index in [-0.39, 0.29) is 5.41 Å². The second-order valence-corrected chi connectivity index (χ2v) is 12.7. The van der Waals surface area contributed by atoms with E-state index in [2.05, 4.69) is 122 Å². The van der Waals surface area contributed by atoms with Gasteiger partial charge in [-0.3, -0.25) is 0 Å². The molecule has 2 bridgehead atoms. The maximum Gasteiger partial charge on any atom is 0.0390 e. The van der Waals surface area contributed by atoms with Crippen LogP contribution in [0.2, 0.25) is 0 Å². The van der Waals surface area contributed by atoms with E-state index in [1.54, 1.807) is 0 Å². The molecule has 3 aliphatic rings. The van der Waals surface area contributed by atoms with Crippen LogP contribution in [0.5, 0.6) is 0 Å². The van der Waals surface area contributed by atoms with Crippen molar-refractivity contribution in [2.75, 3.05) is 5.32 Å². The summed E-state index contributed by atoms with van der Waals surface area (Å²) in [5, 5.41) is 6.17. The third-order valence-corrected chi connectivity index (χ3v) is 10.1. The van der Waals surface area contributed by atoms with Gasteiger partial charge in [-0.15, -0.1) is 0 Å². The van der Waals surface area contributed by atoms with Gasteiger partial charge in [-0.1, -0.05) is 87.0 Å². The highest BCUT2D eigenvalue weighted by Crippen LogP contribution is 2.53. The van der Waals surface area contributed by atoms with Gasteiger partial charge in [-0.2, -0.15) is 0 Å². The van der Waals surface area contributed by atoms with E-state index < -0.39 is 0 Å². The molecule has 8 rings (SSSR count). The molecule has 0 saturated heterocycles. The highest BCUT2D eigenvalue weighted by molar-refractivity contribution is 5.91. The van der Waals surface area contributed by atoms with Crippen molar-refractivity contribution in [2.45, 2.75) is 50.9 Å². The number of rotatable bonds is 4. The lowest BCUT2D eigenvalue weighted by molar-refractivity contribution is 0.420. The Balaban J connectivity index is 1.04. The van der Waals surface area contributed by atoms with E-state index in [1.807, 2.05) is 0 Å². The van der Waals surface area contributed by atoms with Crippen molar-refractivity contribution in [2.24, 2.45) is 11.8 Å². The maximum absolute atomic E-state index is 3.64. The van der Waals surface area contributed by atoms with Gasteiger partial charge in [0.15, 0.2) is 0 Å². The summed E-state index contributed by atoms with van der Waals surface area (Å²) in [4.78, 5) is 0. The molecule has 3 aliphatic carbocycles. The third kappa shape index (κ3) is 3.74. The zero-order valence-corrected chi connectivity index (χ0v) is 22.9. The number of hydrogen-bond acceptors (Lipinski definition) is 1. The van der Waals surface area contributed by atoms with Crippen molar-refractivity contribution in [3.63, 3.8) is 0 Å². The van der Waals surface area contributed by atoms with Gasteiger partial charge in [0, 0.05) is 16.8 Å². The Labute approximate surface area is 231 Å². The first-order chi connectivity index (χ1) is 19.0. The quantitative estimate of drug-likeness (QED) is 0.256. The van der Waals surface area contributed by atoms with Crippen LogP contribution in [0, 0.1) is 11.8 Å². The van der Waals surface area contributed by atoms with Gasteiger partial charge in [0.05, 0.1) is 0 Å². The lowest BCUT2D eigenvalue weighted by Gasteiger charge is -2.22. The molecule has 192 valence electrons. The van der Waals surface area contributed by atoms with E-state index >= 15 is 0 Å². The van der Waals surface area contributed by atoms with Crippen molar-refractivity contribution >= 4 is 22.1 Å². The second kappa shape index (κ2) is 8.58. The van der Waals surface area contributed by atoms with Crippen LogP contribution < -0.4 is 5.32 Å². The van der Waals surface area contributed by atoms with Crippen LogP contribution in [0.25, 0.3) is 33.0 Å². The maximum atomic E-state index is 3.64.